The van der Waals surface area contributed by atoms with E-state index in [2.05, 4.69) is 0 Å². The molecular weight excluding hydrogens is 195 g/mol. The number of ether oxygens (including phenoxy) is 1. The summed E-state index contributed by atoms with van der Waals surface area (Å²) in [5.74, 6) is -0.300. The maximum absolute atomic E-state index is 13.1. The number of carbonyl (C=O) groups excluding carboxylic acids is 1. The molecule has 0 saturated heterocycles. The van der Waals surface area contributed by atoms with Gasteiger partial charge >= 0.3 is 0 Å². The van der Waals surface area contributed by atoms with E-state index in [-0.39, 0.29) is 30.7 Å². The van der Waals surface area contributed by atoms with Gasteiger partial charge in [0.25, 0.3) is 0 Å². The molecule has 0 atom stereocenters. The van der Waals surface area contributed by atoms with Gasteiger partial charge in [-0.1, -0.05) is 32.0 Å². The third-order valence-corrected chi connectivity index (χ3v) is 2.10. The van der Waals surface area contributed by atoms with Crippen LogP contribution in [0.3, 0.4) is 0 Å². The molecule has 15 heavy (non-hydrogen) atoms. The Kier molecular flexibility index (Phi) is 4.43. The van der Waals surface area contributed by atoms with E-state index in [1.54, 1.807) is 18.2 Å². The van der Waals surface area contributed by atoms with E-state index in [1.165, 1.54) is 6.07 Å². The minimum atomic E-state index is -0.297. The highest BCUT2D eigenvalue weighted by Gasteiger charge is 2.07. The van der Waals surface area contributed by atoms with E-state index in [0.717, 1.165) is 0 Å². The molecule has 0 aliphatic carbocycles. The summed E-state index contributed by atoms with van der Waals surface area (Å²) in [6, 6.07) is 6.39. The highest BCUT2D eigenvalue weighted by atomic mass is 19.1. The zero-order chi connectivity index (χ0) is 11.3. The van der Waals surface area contributed by atoms with Crippen LogP contribution in [-0.4, -0.2) is 12.4 Å². The van der Waals surface area contributed by atoms with Crippen LogP contribution in [0, 0.1) is 11.7 Å². The maximum atomic E-state index is 13.1. The van der Waals surface area contributed by atoms with Crippen LogP contribution in [0.2, 0.25) is 0 Å². The normalized spacial score (nSPS) is 10.7. The van der Waals surface area contributed by atoms with Crippen LogP contribution in [0.5, 0.6) is 0 Å². The van der Waals surface area contributed by atoms with E-state index < -0.39 is 0 Å². The Morgan fingerprint density at radius 1 is 1.40 bits per heavy atom. The molecule has 0 bridgehead atoms. The molecule has 0 fully saturated rings. The monoisotopic (exact) mass is 210 g/mol. The van der Waals surface area contributed by atoms with Crippen LogP contribution in [0.25, 0.3) is 0 Å². The van der Waals surface area contributed by atoms with Crippen molar-refractivity contribution in [2.45, 2.75) is 20.5 Å². The molecule has 0 unspecified atom stereocenters. The van der Waals surface area contributed by atoms with Crippen LogP contribution in [0.4, 0.5) is 4.39 Å². The fraction of sp³-hybridized carbons (Fsp3) is 0.417. The molecule has 82 valence electrons. The molecule has 1 rings (SSSR count). The van der Waals surface area contributed by atoms with Crippen LogP contribution < -0.4 is 0 Å². The third kappa shape index (κ3) is 3.80. The summed E-state index contributed by atoms with van der Waals surface area (Å²) < 4.78 is 18.2. The summed E-state index contributed by atoms with van der Waals surface area (Å²) >= 11 is 0. The zero-order valence-electron chi connectivity index (χ0n) is 9.00. The summed E-state index contributed by atoms with van der Waals surface area (Å²) in [7, 11) is 0. The van der Waals surface area contributed by atoms with Crippen LogP contribution in [-0.2, 0) is 16.1 Å². The molecule has 3 heteroatoms. The SMILES string of the molecule is CC(C)C(=O)COCc1ccccc1F. The van der Waals surface area contributed by atoms with E-state index in [4.69, 9.17) is 4.74 Å². The minimum absolute atomic E-state index is 0.0336. The van der Waals surface area contributed by atoms with E-state index in [0.29, 0.717) is 5.56 Å². The molecule has 1 aromatic carbocycles. The summed E-state index contributed by atoms with van der Waals surface area (Å²) in [5, 5.41) is 0. The van der Waals surface area contributed by atoms with Gasteiger partial charge in [0.15, 0.2) is 5.78 Å². The smallest absolute Gasteiger partial charge is 0.160 e. The molecule has 0 spiro atoms. The lowest BCUT2D eigenvalue weighted by atomic mass is 10.1. The molecule has 1 aromatic rings. The number of Topliss-reactive ketones (excluding diaryl/α,β-unsaturated/α-hetero) is 1. The number of halogens is 1. The molecule has 0 radical (unpaired) electrons. The van der Waals surface area contributed by atoms with Gasteiger partial charge in [0.2, 0.25) is 0 Å². The van der Waals surface area contributed by atoms with Gasteiger partial charge < -0.3 is 4.74 Å². The second-order valence-corrected chi connectivity index (χ2v) is 3.71. The Balaban J connectivity index is 2.38. The largest absolute Gasteiger partial charge is 0.369 e. The van der Waals surface area contributed by atoms with Crippen molar-refractivity contribution in [1.82, 2.24) is 0 Å². The van der Waals surface area contributed by atoms with Gasteiger partial charge in [-0.15, -0.1) is 0 Å². The summed E-state index contributed by atoms with van der Waals surface area (Å²) in [6.45, 7) is 3.82. The topological polar surface area (TPSA) is 26.3 Å². The molecule has 0 heterocycles. The quantitative estimate of drug-likeness (QED) is 0.746. The Morgan fingerprint density at radius 3 is 2.67 bits per heavy atom. The first kappa shape index (κ1) is 11.9. The van der Waals surface area contributed by atoms with Crippen LogP contribution >= 0.6 is 0 Å². The first-order chi connectivity index (χ1) is 7.11. The van der Waals surface area contributed by atoms with E-state index in [9.17, 15) is 9.18 Å². The summed E-state index contributed by atoms with van der Waals surface area (Å²) in [4.78, 5) is 11.2. The van der Waals surface area contributed by atoms with E-state index in [1.807, 2.05) is 13.8 Å². The first-order valence-corrected chi connectivity index (χ1v) is 4.95. The molecule has 0 aliphatic rings. The highest BCUT2D eigenvalue weighted by molar-refractivity contribution is 5.81. The molecule has 0 saturated carbocycles. The second-order valence-electron chi connectivity index (χ2n) is 3.71. The average molecular weight is 210 g/mol. The van der Waals surface area contributed by atoms with Crippen molar-refractivity contribution in [3.63, 3.8) is 0 Å². The Hall–Kier alpha value is -1.22. The predicted octanol–water partition coefficient (Wildman–Crippen LogP) is 2.57. The number of carbonyl (C=O) groups is 1. The Bertz CT molecular complexity index is 334. The van der Waals surface area contributed by atoms with Gasteiger partial charge in [-0.05, 0) is 6.07 Å². The van der Waals surface area contributed by atoms with Gasteiger partial charge in [0, 0.05) is 11.5 Å². The number of ketones is 1. The molecular formula is C12H15FO2. The lowest BCUT2D eigenvalue weighted by Gasteiger charge is -2.06. The van der Waals surface area contributed by atoms with Crippen LogP contribution in [0.15, 0.2) is 24.3 Å². The number of benzene rings is 1. The van der Waals surface area contributed by atoms with Crippen molar-refractivity contribution in [3.8, 4) is 0 Å². The predicted molar refractivity (Wildman–Crippen MR) is 55.9 cm³/mol. The fourth-order valence-electron chi connectivity index (χ4n) is 1.04. The van der Waals surface area contributed by atoms with Gasteiger partial charge in [-0.25, -0.2) is 4.39 Å². The highest BCUT2D eigenvalue weighted by Crippen LogP contribution is 2.07. The maximum Gasteiger partial charge on any atom is 0.160 e. The fourth-order valence-corrected chi connectivity index (χ4v) is 1.04. The molecule has 0 aliphatic heterocycles. The van der Waals surface area contributed by atoms with Crippen molar-refractivity contribution < 1.29 is 13.9 Å². The lowest BCUT2D eigenvalue weighted by Crippen LogP contribution is -2.14. The molecule has 0 amide bonds. The summed E-state index contributed by atoms with van der Waals surface area (Å²) in [6.07, 6.45) is 0. The van der Waals surface area contributed by atoms with Gasteiger partial charge in [0.05, 0.1) is 6.61 Å². The van der Waals surface area contributed by atoms with Gasteiger partial charge in [-0.2, -0.15) is 0 Å². The average Bonchev–Trinajstić information content (AvgIpc) is 2.20. The first-order valence-electron chi connectivity index (χ1n) is 4.95. The van der Waals surface area contributed by atoms with Crippen molar-refractivity contribution in [2.24, 2.45) is 5.92 Å². The van der Waals surface area contributed by atoms with E-state index >= 15 is 0 Å². The van der Waals surface area contributed by atoms with Crippen molar-refractivity contribution >= 4 is 5.78 Å². The molecule has 0 N–H and O–H groups in total. The van der Waals surface area contributed by atoms with Crippen molar-refractivity contribution in [3.05, 3.63) is 35.6 Å². The number of hydrogen-bond donors (Lipinski definition) is 0. The second kappa shape index (κ2) is 5.61. The summed E-state index contributed by atoms with van der Waals surface area (Å²) in [5.41, 5.74) is 0.481. The van der Waals surface area contributed by atoms with Gasteiger partial charge in [-0.3, -0.25) is 4.79 Å². The lowest BCUT2D eigenvalue weighted by molar-refractivity contribution is -0.126. The number of rotatable bonds is 5. The minimum Gasteiger partial charge on any atom is -0.369 e. The van der Waals surface area contributed by atoms with Gasteiger partial charge in [0.1, 0.15) is 12.4 Å². The van der Waals surface area contributed by atoms with Crippen LogP contribution in [0.1, 0.15) is 19.4 Å². The standard InChI is InChI=1S/C12H15FO2/c1-9(2)12(14)8-15-7-10-5-3-4-6-11(10)13/h3-6,9H,7-8H2,1-2H3. The Morgan fingerprint density at radius 2 is 2.07 bits per heavy atom. The number of hydrogen-bond acceptors (Lipinski definition) is 2. The molecule has 0 aromatic heterocycles. The third-order valence-electron chi connectivity index (χ3n) is 2.10. The van der Waals surface area contributed by atoms with Crippen molar-refractivity contribution in [1.29, 1.82) is 0 Å². The Labute approximate surface area is 89.1 Å². The molecule has 2 nitrogen and oxygen atoms in total. The zero-order valence-corrected chi connectivity index (χ0v) is 9.00. The van der Waals surface area contributed by atoms with Crippen molar-refractivity contribution in [2.75, 3.05) is 6.61 Å².